The van der Waals surface area contributed by atoms with Crippen LogP contribution in [0.25, 0.3) is 0 Å². The summed E-state index contributed by atoms with van der Waals surface area (Å²) >= 11 is 12.6. The van der Waals surface area contributed by atoms with Crippen LogP contribution in [0, 0.1) is 0 Å². The summed E-state index contributed by atoms with van der Waals surface area (Å²) in [7, 11) is 4.04. The Morgan fingerprint density at radius 1 is 0.562 bits per heavy atom. The Labute approximate surface area is 221 Å². The molecule has 0 spiro atoms. The fraction of sp³-hybridized carbons (Fsp3) is 0.500. The molecule has 2 nitrogen and oxygen atoms in total. The molecule has 0 aromatic heterocycles. The quantitative estimate of drug-likeness (QED) is 0.0919. The van der Waals surface area contributed by atoms with Gasteiger partial charge in [0.25, 0.3) is 0 Å². The summed E-state index contributed by atoms with van der Waals surface area (Å²) < 4.78 is 0. The first kappa shape index (κ1) is 28.4. The second-order valence-electron chi connectivity index (χ2n) is 7.43. The molecule has 0 atom stereocenters. The molecule has 0 fully saturated rings. The molecule has 0 heterocycles. The van der Waals surface area contributed by atoms with Crippen LogP contribution >= 0.6 is 70.4 Å². The van der Waals surface area contributed by atoms with Crippen molar-refractivity contribution in [1.82, 2.24) is 0 Å². The van der Waals surface area contributed by atoms with Crippen LogP contribution in [0.5, 0.6) is 11.5 Å². The van der Waals surface area contributed by atoms with Gasteiger partial charge in [-0.2, -0.15) is 23.5 Å². The number of benzene rings is 2. The van der Waals surface area contributed by atoms with Crippen molar-refractivity contribution in [3.05, 3.63) is 47.5 Å². The SMILES string of the molecule is Oc1ccc(CCCSCCCSSCCCSCCCc2ccc(O)c(S)c2)cc1S. The van der Waals surface area contributed by atoms with Crippen LogP contribution in [0.4, 0.5) is 0 Å². The molecule has 0 aliphatic carbocycles. The molecular formula is C24H34O2S6. The highest BCUT2D eigenvalue weighted by Crippen LogP contribution is 2.26. The standard InChI is InChI=1S/C24H34O2S6/c25-21-9-7-19(17-23(21)27)5-1-11-29-13-3-15-31-32-16-4-14-30-12-2-6-20-8-10-22(26)24(28)18-20/h7-10,17-18,25-28H,1-6,11-16H2. The summed E-state index contributed by atoms with van der Waals surface area (Å²) in [5.74, 6) is 7.88. The molecule has 2 aromatic carbocycles. The van der Waals surface area contributed by atoms with Gasteiger partial charge in [-0.15, -0.1) is 25.3 Å². The van der Waals surface area contributed by atoms with Crippen LogP contribution in [0.3, 0.4) is 0 Å². The van der Waals surface area contributed by atoms with E-state index in [9.17, 15) is 10.2 Å². The van der Waals surface area contributed by atoms with Gasteiger partial charge in [0.05, 0.1) is 0 Å². The third kappa shape index (κ3) is 12.6. The number of phenols is 2. The van der Waals surface area contributed by atoms with Gasteiger partial charge in [0.2, 0.25) is 0 Å². The van der Waals surface area contributed by atoms with E-state index in [-0.39, 0.29) is 11.5 Å². The molecule has 0 bridgehead atoms. The number of aromatic hydroxyl groups is 2. The summed E-state index contributed by atoms with van der Waals surface area (Å²) in [5, 5.41) is 19.0. The van der Waals surface area contributed by atoms with E-state index in [1.165, 1.54) is 71.3 Å². The number of hydrogen-bond donors (Lipinski definition) is 4. The molecule has 0 aliphatic rings. The fourth-order valence-electron chi connectivity index (χ4n) is 2.97. The third-order valence-corrected chi connectivity index (χ3v) is 10.3. The van der Waals surface area contributed by atoms with E-state index >= 15 is 0 Å². The lowest BCUT2D eigenvalue weighted by atomic mass is 10.1. The molecule has 8 heteroatoms. The highest BCUT2D eigenvalue weighted by molar-refractivity contribution is 8.76. The van der Waals surface area contributed by atoms with Gasteiger partial charge in [-0.3, -0.25) is 0 Å². The lowest BCUT2D eigenvalue weighted by Crippen LogP contribution is -1.91. The zero-order valence-electron chi connectivity index (χ0n) is 18.4. The predicted molar refractivity (Wildman–Crippen MR) is 156 cm³/mol. The van der Waals surface area contributed by atoms with Gasteiger partial charge in [-0.25, -0.2) is 0 Å². The maximum absolute atomic E-state index is 9.50. The summed E-state index contributed by atoms with van der Waals surface area (Å²) in [6, 6.07) is 11.4. The van der Waals surface area contributed by atoms with E-state index in [2.05, 4.69) is 25.3 Å². The zero-order valence-corrected chi connectivity index (χ0v) is 23.4. The monoisotopic (exact) mass is 546 g/mol. The van der Waals surface area contributed by atoms with Gasteiger partial charge in [0.15, 0.2) is 0 Å². The Bertz CT molecular complexity index is 722. The first-order valence-electron chi connectivity index (χ1n) is 11.0. The Hall–Kier alpha value is 0.140. The summed E-state index contributed by atoms with van der Waals surface area (Å²) in [6.07, 6.45) is 7.01. The van der Waals surface area contributed by atoms with Crippen molar-refractivity contribution in [1.29, 1.82) is 0 Å². The molecule has 0 radical (unpaired) electrons. The normalized spacial score (nSPS) is 11.2. The van der Waals surface area contributed by atoms with Crippen molar-refractivity contribution in [2.75, 3.05) is 34.5 Å². The number of aryl methyl sites for hydroxylation is 2. The molecular weight excluding hydrogens is 513 g/mol. The van der Waals surface area contributed by atoms with Crippen LogP contribution in [0.1, 0.15) is 36.8 Å². The number of rotatable bonds is 17. The van der Waals surface area contributed by atoms with Crippen LogP contribution < -0.4 is 0 Å². The van der Waals surface area contributed by atoms with Gasteiger partial charge in [0, 0.05) is 21.3 Å². The summed E-state index contributed by atoms with van der Waals surface area (Å²) in [5.41, 5.74) is 2.51. The van der Waals surface area contributed by atoms with Crippen molar-refractivity contribution >= 4 is 70.4 Å². The number of thioether (sulfide) groups is 2. The van der Waals surface area contributed by atoms with Crippen LogP contribution in [-0.2, 0) is 12.8 Å². The minimum atomic E-state index is 0.260. The first-order chi connectivity index (χ1) is 15.6. The zero-order chi connectivity index (χ0) is 23.0. The second kappa shape index (κ2) is 17.6. The minimum Gasteiger partial charge on any atom is -0.507 e. The first-order valence-corrected chi connectivity index (χ1v) is 16.7. The van der Waals surface area contributed by atoms with E-state index in [4.69, 9.17) is 0 Å². The Kier molecular flexibility index (Phi) is 15.6. The number of thiol groups is 2. The minimum absolute atomic E-state index is 0.260. The van der Waals surface area contributed by atoms with Gasteiger partial charge >= 0.3 is 0 Å². The smallest absolute Gasteiger partial charge is 0.128 e. The molecule has 0 saturated carbocycles. The van der Waals surface area contributed by atoms with Gasteiger partial charge < -0.3 is 10.2 Å². The van der Waals surface area contributed by atoms with Crippen molar-refractivity contribution in [2.24, 2.45) is 0 Å². The second-order valence-corrected chi connectivity index (χ2v) is 13.5. The lowest BCUT2D eigenvalue weighted by molar-refractivity contribution is 0.462. The van der Waals surface area contributed by atoms with E-state index in [1.807, 2.05) is 69.4 Å². The highest BCUT2D eigenvalue weighted by Gasteiger charge is 2.01. The Balaban J connectivity index is 1.31. The third-order valence-electron chi connectivity index (χ3n) is 4.70. The maximum Gasteiger partial charge on any atom is 0.128 e. The molecule has 2 aromatic rings. The molecule has 0 saturated heterocycles. The average Bonchev–Trinajstić information content (AvgIpc) is 2.78. The molecule has 32 heavy (non-hydrogen) atoms. The molecule has 0 unspecified atom stereocenters. The van der Waals surface area contributed by atoms with E-state index < -0.39 is 0 Å². The van der Waals surface area contributed by atoms with Crippen LogP contribution in [-0.4, -0.2) is 44.7 Å². The Morgan fingerprint density at radius 3 is 1.38 bits per heavy atom. The summed E-state index contributed by atoms with van der Waals surface area (Å²) in [6.45, 7) is 0. The predicted octanol–water partition coefficient (Wildman–Crippen LogP) is 7.87. The van der Waals surface area contributed by atoms with Crippen LogP contribution in [0.2, 0.25) is 0 Å². The van der Waals surface area contributed by atoms with Crippen molar-refractivity contribution < 1.29 is 10.2 Å². The molecule has 0 amide bonds. The van der Waals surface area contributed by atoms with Crippen molar-refractivity contribution in [3.8, 4) is 11.5 Å². The topological polar surface area (TPSA) is 40.5 Å². The maximum atomic E-state index is 9.50. The molecule has 178 valence electrons. The van der Waals surface area contributed by atoms with E-state index in [1.54, 1.807) is 12.1 Å². The van der Waals surface area contributed by atoms with Crippen molar-refractivity contribution in [2.45, 2.75) is 48.3 Å². The Morgan fingerprint density at radius 2 is 0.969 bits per heavy atom. The molecule has 0 aliphatic heterocycles. The van der Waals surface area contributed by atoms with Crippen LogP contribution in [0.15, 0.2) is 46.2 Å². The van der Waals surface area contributed by atoms with Gasteiger partial charge in [-0.1, -0.05) is 33.7 Å². The largest absolute Gasteiger partial charge is 0.507 e. The number of hydrogen-bond acceptors (Lipinski definition) is 8. The highest BCUT2D eigenvalue weighted by atomic mass is 33.1. The van der Waals surface area contributed by atoms with Gasteiger partial charge in [0.1, 0.15) is 11.5 Å². The number of phenolic OH excluding ortho intramolecular Hbond substituents is 2. The average molecular weight is 547 g/mol. The van der Waals surface area contributed by atoms with Gasteiger partial charge in [-0.05, 0) is 96.9 Å². The molecule has 2 rings (SSSR count). The van der Waals surface area contributed by atoms with E-state index in [0.717, 1.165) is 12.8 Å². The molecule has 2 N–H and O–H groups in total. The lowest BCUT2D eigenvalue weighted by Gasteiger charge is -2.05. The summed E-state index contributed by atoms with van der Waals surface area (Å²) in [4.78, 5) is 1.34. The van der Waals surface area contributed by atoms with E-state index in [0.29, 0.717) is 9.79 Å². The fourth-order valence-corrected chi connectivity index (χ4v) is 7.79. The van der Waals surface area contributed by atoms with Crippen molar-refractivity contribution in [3.63, 3.8) is 0 Å².